The number of fused-ring (bicyclic) bond motifs is 10. The van der Waals surface area contributed by atoms with Gasteiger partial charge < -0.3 is 19.1 Å². The third-order valence-electron chi connectivity index (χ3n) is 20.0. The molecule has 386 valence electrons. The van der Waals surface area contributed by atoms with Crippen LogP contribution in [0.15, 0.2) is 162 Å². The van der Waals surface area contributed by atoms with Crippen molar-refractivity contribution in [1.29, 1.82) is 0 Å². The van der Waals surface area contributed by atoms with Gasteiger partial charge in [0.25, 0.3) is 6.71 Å². The van der Waals surface area contributed by atoms with Crippen LogP contribution in [0.3, 0.4) is 0 Å². The maximum absolute atomic E-state index is 6.81. The predicted octanol–water partition coefficient (Wildman–Crippen LogP) is 18.2. The number of nitrogens with zero attached hydrogens (tertiary/aromatic N) is 3. The molecule has 2 aliphatic heterocycles. The summed E-state index contributed by atoms with van der Waals surface area (Å²) in [6.45, 7) is 29.7. The Bertz CT molecular complexity index is 3870. The molecule has 0 N–H and O–H groups in total. The Balaban J connectivity index is 1.16. The molecule has 3 heterocycles. The van der Waals surface area contributed by atoms with Crippen molar-refractivity contribution in [2.75, 3.05) is 14.7 Å². The van der Waals surface area contributed by atoms with Crippen molar-refractivity contribution in [2.45, 2.75) is 154 Å². The van der Waals surface area contributed by atoms with Crippen LogP contribution in [0.2, 0.25) is 0 Å². The zero-order valence-electron chi connectivity index (χ0n) is 47.6. The van der Waals surface area contributed by atoms with Gasteiger partial charge in [0.05, 0.1) is 5.69 Å². The number of anilines is 9. The van der Waals surface area contributed by atoms with Gasteiger partial charge in [-0.3, -0.25) is 0 Å². The number of rotatable bonds is 5. The summed E-state index contributed by atoms with van der Waals surface area (Å²) in [5, 5.41) is 2.28. The normalized spacial score (nSPS) is 19.4. The average molecular weight is 1010 g/mol. The molecule has 0 saturated heterocycles. The average Bonchev–Trinajstić information content (AvgIpc) is 3.92. The van der Waals surface area contributed by atoms with Crippen LogP contribution in [0, 0.1) is 0 Å². The van der Waals surface area contributed by atoms with Crippen molar-refractivity contribution in [3.8, 4) is 0 Å². The Labute approximate surface area is 458 Å². The summed E-state index contributed by atoms with van der Waals surface area (Å²) in [5.74, 6) is 0. The maximum atomic E-state index is 6.81. The minimum absolute atomic E-state index is 0.00335. The van der Waals surface area contributed by atoms with E-state index in [2.05, 4.69) is 256 Å². The summed E-state index contributed by atoms with van der Waals surface area (Å²) in [7, 11) is 0. The molecule has 3 aliphatic carbocycles. The highest BCUT2D eigenvalue weighted by Gasteiger charge is 2.49. The van der Waals surface area contributed by atoms with Gasteiger partial charge in [0.15, 0.2) is 0 Å². The minimum Gasteiger partial charge on any atom is -0.456 e. The molecule has 0 radical (unpaired) electrons. The maximum Gasteiger partial charge on any atom is 0.252 e. The topological polar surface area (TPSA) is 22.9 Å². The van der Waals surface area contributed by atoms with Crippen LogP contribution in [-0.4, -0.2) is 6.71 Å². The molecule has 14 rings (SSSR count). The van der Waals surface area contributed by atoms with Gasteiger partial charge in [-0.2, -0.15) is 0 Å². The van der Waals surface area contributed by atoms with Crippen LogP contribution in [0.5, 0.6) is 0 Å². The summed E-state index contributed by atoms with van der Waals surface area (Å²) in [6, 6.07) is 60.8. The Morgan fingerprint density at radius 2 is 0.753 bits per heavy atom. The van der Waals surface area contributed by atoms with Gasteiger partial charge in [-0.15, -0.1) is 0 Å². The Morgan fingerprint density at radius 1 is 0.351 bits per heavy atom. The van der Waals surface area contributed by atoms with E-state index in [1.807, 2.05) is 0 Å². The molecule has 0 amide bonds. The molecule has 5 heteroatoms. The van der Waals surface area contributed by atoms with Crippen LogP contribution in [-0.2, 0) is 32.5 Å². The fraction of sp³-hybridized carbons (Fsp3) is 0.333. The summed E-state index contributed by atoms with van der Waals surface area (Å²) in [5.41, 5.74) is 25.6. The zero-order chi connectivity index (χ0) is 53.3. The lowest BCUT2D eigenvalue weighted by atomic mass is 9.32. The fourth-order valence-corrected chi connectivity index (χ4v) is 15.0. The van der Waals surface area contributed by atoms with Crippen LogP contribution >= 0.6 is 0 Å². The number of para-hydroxylation sites is 3. The molecular weight excluding hydrogens is 934 g/mol. The van der Waals surface area contributed by atoms with Crippen LogP contribution in [0.1, 0.15) is 155 Å². The lowest BCUT2D eigenvalue weighted by Gasteiger charge is -2.49. The molecule has 4 nitrogen and oxygen atoms in total. The smallest absolute Gasteiger partial charge is 0.252 e. The quantitative estimate of drug-likeness (QED) is 0.160. The van der Waals surface area contributed by atoms with Crippen molar-refractivity contribution in [3.63, 3.8) is 0 Å². The SMILES string of the molecule is CC1(C)CCC(C)(C)c2cc(N3c4cc5c(cc4B4c6cc7c(cc6N(c6ccc8c(c6)oc6ccccc68)c6cc(N(c8ccccc8)c8ccccc8)cc3c64)C(C)(C)CCC7(C)C)C(C)(C)CCC5(C)C)ccc21. The highest BCUT2D eigenvalue weighted by Crippen LogP contribution is 2.56. The number of hydrogen-bond acceptors (Lipinski definition) is 4. The van der Waals surface area contributed by atoms with E-state index in [1.165, 1.54) is 84.6 Å². The molecule has 0 fully saturated rings. The van der Waals surface area contributed by atoms with E-state index in [0.717, 1.165) is 76.8 Å². The summed E-state index contributed by atoms with van der Waals surface area (Å²) in [4.78, 5) is 7.83. The summed E-state index contributed by atoms with van der Waals surface area (Å²) in [6.07, 6.45) is 6.91. The van der Waals surface area contributed by atoms with E-state index in [4.69, 9.17) is 4.42 Å². The molecule has 5 aliphatic rings. The van der Waals surface area contributed by atoms with E-state index < -0.39 is 0 Å². The first-order valence-corrected chi connectivity index (χ1v) is 28.7. The Kier molecular flexibility index (Phi) is 10.2. The van der Waals surface area contributed by atoms with Gasteiger partial charge >= 0.3 is 0 Å². The van der Waals surface area contributed by atoms with Gasteiger partial charge in [-0.25, -0.2) is 0 Å². The largest absolute Gasteiger partial charge is 0.456 e. The van der Waals surface area contributed by atoms with Gasteiger partial charge in [0, 0.05) is 62.3 Å². The van der Waals surface area contributed by atoms with Crippen LogP contribution < -0.4 is 31.1 Å². The second-order valence-electron chi connectivity index (χ2n) is 27.7. The van der Waals surface area contributed by atoms with Gasteiger partial charge in [-0.05, 0) is 200 Å². The summed E-state index contributed by atoms with van der Waals surface area (Å²) < 4.78 is 6.81. The third-order valence-corrected chi connectivity index (χ3v) is 20.0. The second-order valence-corrected chi connectivity index (χ2v) is 27.7. The number of hydrogen-bond donors (Lipinski definition) is 0. The van der Waals surface area contributed by atoms with E-state index in [9.17, 15) is 0 Å². The first kappa shape index (κ1) is 48.4. The van der Waals surface area contributed by atoms with Crippen LogP contribution in [0.25, 0.3) is 21.9 Å². The molecule has 0 unspecified atom stereocenters. The molecule has 0 bridgehead atoms. The van der Waals surface area contributed by atoms with Crippen LogP contribution in [0.4, 0.5) is 51.2 Å². The third kappa shape index (κ3) is 7.23. The van der Waals surface area contributed by atoms with Crippen molar-refractivity contribution in [3.05, 3.63) is 191 Å². The first-order valence-electron chi connectivity index (χ1n) is 28.7. The van der Waals surface area contributed by atoms with Gasteiger partial charge in [0.1, 0.15) is 11.2 Å². The predicted molar refractivity (Wildman–Crippen MR) is 328 cm³/mol. The highest BCUT2D eigenvalue weighted by atomic mass is 16.3. The number of furan rings is 1. The molecule has 1 aromatic heterocycles. The Morgan fingerprint density at radius 3 is 1.26 bits per heavy atom. The second kappa shape index (κ2) is 16.3. The molecule has 0 saturated carbocycles. The van der Waals surface area contributed by atoms with Crippen molar-refractivity contribution in [1.82, 2.24) is 0 Å². The Hall–Kier alpha value is -6.98. The monoisotopic (exact) mass is 1010 g/mol. The molecule has 9 aromatic rings. The zero-order valence-corrected chi connectivity index (χ0v) is 47.6. The van der Waals surface area contributed by atoms with E-state index >= 15 is 0 Å². The number of benzene rings is 8. The molecule has 0 spiro atoms. The lowest BCUT2D eigenvalue weighted by Crippen LogP contribution is -2.62. The van der Waals surface area contributed by atoms with Gasteiger partial charge in [-0.1, -0.05) is 156 Å². The highest BCUT2D eigenvalue weighted by molar-refractivity contribution is 7.00. The van der Waals surface area contributed by atoms with Crippen molar-refractivity contribution >= 4 is 96.2 Å². The van der Waals surface area contributed by atoms with E-state index in [1.54, 1.807) is 0 Å². The summed E-state index contributed by atoms with van der Waals surface area (Å²) >= 11 is 0. The fourth-order valence-electron chi connectivity index (χ4n) is 15.0. The van der Waals surface area contributed by atoms with E-state index in [-0.39, 0.29) is 39.2 Å². The standard InChI is InChI=1S/C72H74BN3O/c1-67(2)31-32-68(3,4)53-37-47(28-30-52(53)67)75-60-43-56-54(69(5,6)33-35-71(56,9)10)41-58(60)73-59-42-55-57(72(11,12)36-34-70(55,7)8)44-61(59)76(48-27-29-51-50-25-19-20-26-64(50)77-65(51)40-48)63-39-49(38-62(75)66(63)73)74(45-21-15-13-16-22-45)46-23-17-14-18-24-46/h13-30,37-44H,31-36H2,1-12H3. The molecule has 0 atom stereocenters. The van der Waals surface area contributed by atoms with Crippen molar-refractivity contribution < 1.29 is 4.42 Å². The van der Waals surface area contributed by atoms with Gasteiger partial charge in [0.2, 0.25) is 0 Å². The molecular formula is C72H74BN3O. The van der Waals surface area contributed by atoms with E-state index in [0.29, 0.717) is 0 Å². The minimum atomic E-state index is -0.0475. The van der Waals surface area contributed by atoms with Crippen molar-refractivity contribution in [2.24, 2.45) is 0 Å². The molecule has 77 heavy (non-hydrogen) atoms. The lowest BCUT2D eigenvalue weighted by molar-refractivity contribution is 0.332. The molecule has 8 aromatic carbocycles. The first-order chi connectivity index (χ1) is 36.6.